The van der Waals surface area contributed by atoms with Crippen LogP contribution < -0.4 is 0 Å². The van der Waals surface area contributed by atoms with Crippen molar-refractivity contribution in [3.63, 3.8) is 0 Å². The minimum absolute atomic E-state index is 0.0658. The molecule has 0 saturated heterocycles. The Morgan fingerprint density at radius 3 is 2.21 bits per heavy atom. The fourth-order valence-corrected chi connectivity index (χ4v) is 10.9. The highest BCUT2D eigenvalue weighted by Gasteiger charge is 2.56. The maximum Gasteiger partial charge on any atom is 0.306 e. The first-order valence-electron chi connectivity index (χ1n) is 20.9. The summed E-state index contributed by atoms with van der Waals surface area (Å²) in [5.41, 5.74) is 6.08. The normalized spacial score (nSPS) is 30.9. The average Bonchev–Trinajstić information content (AvgIpc) is 3.40. The van der Waals surface area contributed by atoms with Crippen molar-refractivity contribution in [2.75, 3.05) is 0 Å². The van der Waals surface area contributed by atoms with Gasteiger partial charge in [-0.25, -0.2) is 0 Å². The molecule has 2 nitrogen and oxygen atoms in total. The van der Waals surface area contributed by atoms with Gasteiger partial charge in [0.2, 0.25) is 0 Å². The lowest BCUT2D eigenvalue weighted by Gasteiger charge is -2.55. The highest BCUT2D eigenvalue weighted by atomic mass is 16.5. The first-order valence-corrected chi connectivity index (χ1v) is 20.9. The molecule has 0 spiro atoms. The van der Waals surface area contributed by atoms with Gasteiger partial charge in [0.25, 0.3) is 0 Å². The second kappa shape index (κ2) is 19.2. The van der Waals surface area contributed by atoms with Gasteiger partial charge in [-0.15, -0.1) is 0 Å². The van der Waals surface area contributed by atoms with Gasteiger partial charge >= 0.3 is 5.97 Å². The van der Waals surface area contributed by atoms with Gasteiger partial charge in [-0.05, 0) is 151 Å². The molecule has 0 bridgehead atoms. The van der Waals surface area contributed by atoms with Crippen LogP contribution in [0.4, 0.5) is 0 Å². The Morgan fingerprint density at radius 1 is 0.830 bits per heavy atom. The molecule has 2 saturated carbocycles. The summed E-state index contributed by atoms with van der Waals surface area (Å²) >= 11 is 0. The molecule has 0 aromatic carbocycles. The van der Waals surface area contributed by atoms with E-state index in [4.69, 9.17) is 4.74 Å². The molecule has 4 aliphatic rings. The average molecular weight is 649 g/mol. The van der Waals surface area contributed by atoms with E-state index in [1.54, 1.807) is 0 Å². The molecule has 0 aliphatic heterocycles. The molecule has 4 aliphatic carbocycles. The molecular weight excluding hydrogens is 572 g/mol. The van der Waals surface area contributed by atoms with Gasteiger partial charge in [0.05, 0.1) is 0 Å². The van der Waals surface area contributed by atoms with Crippen molar-refractivity contribution in [1.82, 2.24) is 0 Å². The standard InChI is InChI=1S/C45H76O2/c1-7-8-9-10-11-12-13-14-15-16-17-18-19-20-21-25-43(46)47-38-30-32-44(5)37(34-38)26-27-39-41-29-28-40(36(4)24-22-23-35(2)3)45(41,6)33-31-42(39)44/h14-15,23,36-38,40-41H,7-13,16-22,24-34H2,1-6H3/b15-14+/t36-,37+,38+,40-,41+,44+,45-/m1/s1. The Hall–Kier alpha value is -1.31. The zero-order valence-corrected chi connectivity index (χ0v) is 32.1. The number of rotatable bonds is 20. The number of allylic oxidation sites excluding steroid dienone is 6. The van der Waals surface area contributed by atoms with E-state index in [9.17, 15) is 4.79 Å². The molecule has 47 heavy (non-hydrogen) atoms. The molecule has 2 heteroatoms. The predicted molar refractivity (Wildman–Crippen MR) is 202 cm³/mol. The molecule has 2 fully saturated rings. The summed E-state index contributed by atoms with van der Waals surface area (Å²) in [4.78, 5) is 12.8. The van der Waals surface area contributed by atoms with E-state index in [-0.39, 0.29) is 12.1 Å². The van der Waals surface area contributed by atoms with Gasteiger partial charge in [0.1, 0.15) is 6.10 Å². The minimum Gasteiger partial charge on any atom is -0.462 e. The van der Waals surface area contributed by atoms with Crippen LogP contribution in [0.5, 0.6) is 0 Å². The van der Waals surface area contributed by atoms with Crippen molar-refractivity contribution in [2.45, 2.75) is 208 Å². The molecular formula is C45H76O2. The van der Waals surface area contributed by atoms with Gasteiger partial charge in [0.15, 0.2) is 0 Å². The van der Waals surface area contributed by atoms with E-state index in [1.807, 2.05) is 11.1 Å². The molecule has 0 amide bonds. The summed E-state index contributed by atoms with van der Waals surface area (Å²) < 4.78 is 6.14. The Labute approximate surface area is 292 Å². The van der Waals surface area contributed by atoms with Crippen LogP contribution in [0.15, 0.2) is 34.9 Å². The van der Waals surface area contributed by atoms with Crippen LogP contribution in [-0.4, -0.2) is 12.1 Å². The van der Waals surface area contributed by atoms with Gasteiger partial charge in [0, 0.05) is 6.42 Å². The largest absolute Gasteiger partial charge is 0.462 e. The third kappa shape index (κ3) is 10.6. The van der Waals surface area contributed by atoms with Crippen molar-refractivity contribution in [3.05, 3.63) is 34.9 Å². The fourth-order valence-electron chi connectivity index (χ4n) is 10.9. The number of esters is 1. The van der Waals surface area contributed by atoms with Crippen LogP contribution in [0.3, 0.4) is 0 Å². The lowest BCUT2D eigenvalue weighted by molar-refractivity contribution is -0.153. The van der Waals surface area contributed by atoms with Crippen LogP contribution in [-0.2, 0) is 9.53 Å². The Bertz CT molecular complexity index is 1040. The van der Waals surface area contributed by atoms with Crippen LogP contribution in [0, 0.1) is 34.5 Å². The van der Waals surface area contributed by atoms with E-state index in [1.165, 1.54) is 134 Å². The number of carbonyl (C=O) groups excluding carboxylic acids is 1. The molecule has 4 rings (SSSR count). The number of carbonyl (C=O) groups is 1. The SMILES string of the molecule is CCCCCCCC/C=C/CCCCCCCC(=O)O[C@H]1CC[C@]2(C)C3=C(CC[C@H]2C1)[C@@H]1CC[C@H]([C@H](C)CCC=C(C)C)[C@@]1(C)CC3. The summed E-state index contributed by atoms with van der Waals surface area (Å²) in [6, 6.07) is 0. The van der Waals surface area contributed by atoms with E-state index < -0.39 is 0 Å². The molecule has 0 unspecified atom stereocenters. The van der Waals surface area contributed by atoms with Crippen molar-refractivity contribution in [1.29, 1.82) is 0 Å². The van der Waals surface area contributed by atoms with E-state index in [2.05, 4.69) is 59.8 Å². The second-order valence-corrected chi connectivity index (χ2v) is 17.5. The molecule has 0 aromatic rings. The zero-order chi connectivity index (χ0) is 33.7. The first kappa shape index (κ1) is 38.5. The Balaban J connectivity index is 1.13. The van der Waals surface area contributed by atoms with E-state index in [0.29, 0.717) is 23.2 Å². The van der Waals surface area contributed by atoms with Crippen molar-refractivity contribution in [3.8, 4) is 0 Å². The molecule has 0 N–H and O–H groups in total. The summed E-state index contributed by atoms with van der Waals surface area (Å²) in [7, 11) is 0. The lowest BCUT2D eigenvalue weighted by atomic mass is 9.50. The van der Waals surface area contributed by atoms with Crippen molar-refractivity contribution >= 4 is 5.97 Å². The summed E-state index contributed by atoms with van der Waals surface area (Å²) in [6.07, 6.45) is 38.9. The monoisotopic (exact) mass is 649 g/mol. The van der Waals surface area contributed by atoms with Crippen LogP contribution in [0.25, 0.3) is 0 Å². The third-order valence-corrected chi connectivity index (χ3v) is 13.8. The molecule has 7 atom stereocenters. The fraction of sp³-hybridized carbons (Fsp3) is 0.844. The lowest BCUT2D eigenvalue weighted by Crippen LogP contribution is -2.46. The summed E-state index contributed by atoms with van der Waals surface area (Å²) in [6.45, 7) is 14.6. The van der Waals surface area contributed by atoms with Crippen molar-refractivity contribution < 1.29 is 9.53 Å². The number of ether oxygens (including phenoxy) is 1. The molecule has 268 valence electrons. The third-order valence-electron chi connectivity index (χ3n) is 13.8. The van der Waals surface area contributed by atoms with Crippen LogP contribution in [0.2, 0.25) is 0 Å². The van der Waals surface area contributed by atoms with Crippen LogP contribution in [0.1, 0.15) is 202 Å². The quantitative estimate of drug-likeness (QED) is 0.0746. The number of hydrogen-bond donors (Lipinski definition) is 0. The Kier molecular flexibility index (Phi) is 15.7. The molecule has 0 heterocycles. The maximum atomic E-state index is 12.8. The van der Waals surface area contributed by atoms with Gasteiger partial charge in [-0.3, -0.25) is 4.79 Å². The molecule has 0 radical (unpaired) electrons. The second-order valence-electron chi connectivity index (χ2n) is 17.5. The molecule has 0 aromatic heterocycles. The van der Waals surface area contributed by atoms with Gasteiger partial charge < -0.3 is 4.74 Å². The first-order chi connectivity index (χ1) is 22.7. The van der Waals surface area contributed by atoms with Crippen molar-refractivity contribution in [2.24, 2.45) is 34.5 Å². The number of unbranched alkanes of at least 4 members (excludes halogenated alkanes) is 11. The number of hydrogen-bond acceptors (Lipinski definition) is 2. The van der Waals surface area contributed by atoms with Crippen LogP contribution >= 0.6 is 0 Å². The topological polar surface area (TPSA) is 26.3 Å². The zero-order valence-electron chi connectivity index (χ0n) is 32.1. The minimum atomic E-state index is 0.0658. The maximum absolute atomic E-state index is 12.8. The Morgan fingerprint density at radius 2 is 1.51 bits per heavy atom. The van der Waals surface area contributed by atoms with Gasteiger partial charge in [-0.1, -0.05) is 114 Å². The van der Waals surface area contributed by atoms with E-state index in [0.717, 1.165) is 43.4 Å². The number of fused-ring (bicyclic) bond motifs is 4. The smallest absolute Gasteiger partial charge is 0.306 e. The summed E-state index contributed by atoms with van der Waals surface area (Å²) in [5.74, 6) is 3.29. The van der Waals surface area contributed by atoms with Gasteiger partial charge in [-0.2, -0.15) is 0 Å². The predicted octanol–water partition coefficient (Wildman–Crippen LogP) is 14.0. The highest BCUT2D eigenvalue weighted by molar-refractivity contribution is 5.69. The van der Waals surface area contributed by atoms with E-state index >= 15 is 0 Å². The highest BCUT2D eigenvalue weighted by Crippen LogP contribution is 2.66. The summed E-state index contributed by atoms with van der Waals surface area (Å²) in [5, 5.41) is 0.